The number of aryl methyl sites for hydroxylation is 1. The summed E-state index contributed by atoms with van der Waals surface area (Å²) < 4.78 is 5.90. The third-order valence-electron chi connectivity index (χ3n) is 4.15. The number of phenols is 1. The highest BCUT2D eigenvalue weighted by Gasteiger charge is 2.15. The maximum atomic E-state index is 10.4. The van der Waals surface area contributed by atoms with Gasteiger partial charge in [-0.2, -0.15) is 0 Å². The first-order valence-electron chi connectivity index (χ1n) is 8.56. The smallest absolute Gasteiger partial charge is 0.131 e. The van der Waals surface area contributed by atoms with E-state index in [1.54, 1.807) is 12.1 Å². The van der Waals surface area contributed by atoms with E-state index in [1.165, 1.54) is 0 Å². The van der Waals surface area contributed by atoms with Crippen molar-refractivity contribution in [1.29, 1.82) is 0 Å². The van der Waals surface area contributed by atoms with Gasteiger partial charge in [0.15, 0.2) is 0 Å². The molecule has 3 nitrogen and oxygen atoms in total. The van der Waals surface area contributed by atoms with Gasteiger partial charge in [0.05, 0.1) is 12.2 Å². The Bertz CT molecular complexity index is 899. The van der Waals surface area contributed by atoms with Crippen molar-refractivity contribution in [2.75, 3.05) is 6.61 Å². The summed E-state index contributed by atoms with van der Waals surface area (Å²) >= 11 is 0. The lowest BCUT2D eigenvalue weighted by Gasteiger charge is -2.15. The molecule has 0 spiro atoms. The lowest BCUT2D eigenvalue weighted by atomic mass is 9.96. The van der Waals surface area contributed by atoms with Gasteiger partial charge in [0, 0.05) is 0 Å². The summed E-state index contributed by atoms with van der Waals surface area (Å²) in [5.41, 5.74) is 4.30. The molecule has 0 unspecified atom stereocenters. The van der Waals surface area contributed by atoms with Crippen LogP contribution in [0.15, 0.2) is 72.8 Å². The van der Waals surface area contributed by atoms with Crippen LogP contribution in [0.4, 0.5) is 0 Å². The molecule has 3 aromatic rings. The summed E-state index contributed by atoms with van der Waals surface area (Å²) in [6.07, 6.45) is 3.93. The van der Waals surface area contributed by atoms with Gasteiger partial charge < -0.3 is 14.9 Å². The first kappa shape index (κ1) is 17.8. The molecule has 3 rings (SSSR count). The number of hydrogen-bond donors (Lipinski definition) is 2. The highest BCUT2D eigenvalue weighted by molar-refractivity contribution is 5.79. The molecule has 0 aliphatic heterocycles. The Hall–Kier alpha value is -3.04. The van der Waals surface area contributed by atoms with E-state index in [0.29, 0.717) is 17.9 Å². The Balaban J connectivity index is 1.85. The van der Waals surface area contributed by atoms with Crippen LogP contribution in [0.2, 0.25) is 0 Å². The second kappa shape index (κ2) is 8.37. The monoisotopic (exact) mass is 346 g/mol. The summed E-state index contributed by atoms with van der Waals surface area (Å²) in [5.74, 6) is 0.717. The number of phenolic OH excluding ortho intramolecular Hbond substituents is 1. The van der Waals surface area contributed by atoms with Crippen molar-refractivity contribution < 1.29 is 14.9 Å². The van der Waals surface area contributed by atoms with Crippen LogP contribution >= 0.6 is 0 Å². The van der Waals surface area contributed by atoms with Gasteiger partial charge >= 0.3 is 0 Å². The van der Waals surface area contributed by atoms with E-state index in [9.17, 15) is 10.2 Å². The first-order valence-corrected chi connectivity index (χ1v) is 8.56. The van der Waals surface area contributed by atoms with Crippen molar-refractivity contribution in [3.05, 3.63) is 89.5 Å². The molecule has 132 valence electrons. The highest BCUT2D eigenvalue weighted by atomic mass is 16.5. The summed E-state index contributed by atoms with van der Waals surface area (Å²) in [5, 5.41) is 20.1. The Morgan fingerprint density at radius 2 is 1.77 bits per heavy atom. The van der Waals surface area contributed by atoms with E-state index < -0.39 is 0 Å². The van der Waals surface area contributed by atoms with Crippen molar-refractivity contribution in [3.63, 3.8) is 0 Å². The van der Waals surface area contributed by atoms with Crippen LogP contribution in [0.25, 0.3) is 17.2 Å². The van der Waals surface area contributed by atoms with E-state index in [-0.39, 0.29) is 12.4 Å². The van der Waals surface area contributed by atoms with E-state index >= 15 is 0 Å². The van der Waals surface area contributed by atoms with Gasteiger partial charge in [0.2, 0.25) is 0 Å². The van der Waals surface area contributed by atoms with Crippen LogP contribution in [0.5, 0.6) is 11.5 Å². The van der Waals surface area contributed by atoms with E-state index in [1.807, 2.05) is 73.7 Å². The average Bonchev–Trinajstić information content (AvgIpc) is 2.66. The number of rotatable bonds is 6. The molecular formula is C23H22O3. The summed E-state index contributed by atoms with van der Waals surface area (Å²) in [6, 6.07) is 21.0. The molecule has 0 amide bonds. The van der Waals surface area contributed by atoms with E-state index in [0.717, 1.165) is 22.3 Å². The lowest BCUT2D eigenvalue weighted by Crippen LogP contribution is -1.98. The predicted molar refractivity (Wildman–Crippen MR) is 105 cm³/mol. The maximum Gasteiger partial charge on any atom is 0.131 e. The van der Waals surface area contributed by atoms with Crippen molar-refractivity contribution in [2.45, 2.75) is 13.5 Å². The molecule has 0 fully saturated rings. The zero-order valence-electron chi connectivity index (χ0n) is 14.7. The normalized spacial score (nSPS) is 11.0. The Labute approximate surface area is 153 Å². The second-order valence-electron chi connectivity index (χ2n) is 6.09. The Kier molecular flexibility index (Phi) is 5.72. The number of hydrogen-bond acceptors (Lipinski definition) is 3. The number of aliphatic hydroxyl groups excluding tert-OH is 1. The predicted octanol–water partition coefficient (Wildman–Crippen LogP) is 4.95. The molecular weight excluding hydrogens is 324 g/mol. The van der Waals surface area contributed by atoms with Gasteiger partial charge in [-0.05, 0) is 41.8 Å². The fourth-order valence-corrected chi connectivity index (χ4v) is 2.89. The molecule has 0 aliphatic carbocycles. The summed E-state index contributed by atoms with van der Waals surface area (Å²) in [7, 11) is 0. The number of benzene rings is 3. The first-order chi connectivity index (χ1) is 12.7. The van der Waals surface area contributed by atoms with Gasteiger partial charge in [-0.1, -0.05) is 66.2 Å². The maximum absolute atomic E-state index is 10.4. The second-order valence-corrected chi connectivity index (χ2v) is 6.09. The molecule has 0 saturated heterocycles. The molecule has 26 heavy (non-hydrogen) atoms. The summed E-state index contributed by atoms with van der Waals surface area (Å²) in [6.45, 7) is 2.25. The minimum absolute atomic E-state index is 0.0985. The number of aromatic hydroxyl groups is 1. The minimum Gasteiger partial charge on any atom is -0.507 e. The van der Waals surface area contributed by atoms with Crippen molar-refractivity contribution in [1.82, 2.24) is 0 Å². The molecule has 3 aromatic carbocycles. The van der Waals surface area contributed by atoms with Crippen LogP contribution in [0, 0.1) is 6.92 Å². The van der Waals surface area contributed by atoms with Gasteiger partial charge in [-0.25, -0.2) is 0 Å². The highest BCUT2D eigenvalue weighted by Crippen LogP contribution is 2.39. The zero-order chi connectivity index (χ0) is 18.4. The third-order valence-corrected chi connectivity index (χ3v) is 4.15. The molecule has 2 N–H and O–H groups in total. The molecule has 3 heteroatoms. The van der Waals surface area contributed by atoms with Crippen LogP contribution in [0.3, 0.4) is 0 Å². The van der Waals surface area contributed by atoms with E-state index in [2.05, 4.69) is 0 Å². The molecule has 0 atom stereocenters. The molecule has 0 heterocycles. The Morgan fingerprint density at radius 3 is 2.54 bits per heavy atom. The third kappa shape index (κ3) is 4.13. The zero-order valence-corrected chi connectivity index (χ0v) is 14.7. The van der Waals surface area contributed by atoms with Gasteiger partial charge in [0.1, 0.15) is 18.1 Å². The number of aliphatic hydroxyl groups is 1. The number of ether oxygens (including phenoxy) is 1. The van der Waals surface area contributed by atoms with Crippen LogP contribution in [-0.2, 0) is 6.61 Å². The Morgan fingerprint density at radius 1 is 0.962 bits per heavy atom. The fraction of sp³-hybridized carbons (Fsp3) is 0.130. The lowest BCUT2D eigenvalue weighted by molar-refractivity contribution is 0.282. The average molecular weight is 346 g/mol. The SMILES string of the molecule is Cc1ccc(-c2c(O)cccc2OCC=Cc2ccccc2)c(CO)c1. The van der Waals surface area contributed by atoms with E-state index in [4.69, 9.17) is 4.74 Å². The molecule has 0 saturated carbocycles. The van der Waals surface area contributed by atoms with Gasteiger partial charge in [-0.15, -0.1) is 0 Å². The van der Waals surface area contributed by atoms with Crippen molar-refractivity contribution in [3.8, 4) is 22.6 Å². The quantitative estimate of drug-likeness (QED) is 0.664. The van der Waals surface area contributed by atoms with Gasteiger partial charge in [-0.3, -0.25) is 0 Å². The standard InChI is InChI=1S/C23H22O3/c1-17-12-13-20(19(15-17)16-24)23-21(25)10-5-11-22(23)26-14-6-9-18-7-3-2-4-8-18/h2-13,15,24-25H,14,16H2,1H3. The molecule has 0 aliphatic rings. The van der Waals surface area contributed by atoms with Crippen molar-refractivity contribution >= 4 is 6.08 Å². The van der Waals surface area contributed by atoms with Gasteiger partial charge in [0.25, 0.3) is 0 Å². The minimum atomic E-state index is -0.0985. The molecule has 0 bridgehead atoms. The fourth-order valence-electron chi connectivity index (χ4n) is 2.89. The van der Waals surface area contributed by atoms with Crippen LogP contribution in [-0.4, -0.2) is 16.8 Å². The van der Waals surface area contributed by atoms with Crippen molar-refractivity contribution in [2.24, 2.45) is 0 Å². The van der Waals surface area contributed by atoms with Crippen LogP contribution in [0.1, 0.15) is 16.7 Å². The van der Waals surface area contributed by atoms with Crippen LogP contribution < -0.4 is 4.74 Å². The largest absolute Gasteiger partial charge is 0.507 e. The topological polar surface area (TPSA) is 49.7 Å². The molecule has 0 radical (unpaired) electrons. The molecule has 0 aromatic heterocycles. The summed E-state index contributed by atoms with van der Waals surface area (Å²) in [4.78, 5) is 0.